The van der Waals surface area contributed by atoms with Crippen LogP contribution in [0.5, 0.6) is 5.75 Å². The number of benzene rings is 2. The van der Waals surface area contributed by atoms with Gasteiger partial charge in [-0.1, -0.05) is 24.3 Å². The van der Waals surface area contributed by atoms with Gasteiger partial charge in [0.1, 0.15) is 18.4 Å². The molecule has 8 heteroatoms. The first kappa shape index (κ1) is 22.6. The molecule has 3 amide bonds. The Morgan fingerprint density at radius 3 is 2.62 bits per heavy atom. The lowest BCUT2D eigenvalue weighted by molar-refractivity contribution is -0.132. The van der Waals surface area contributed by atoms with Gasteiger partial charge in [0.2, 0.25) is 11.8 Å². The maximum atomic E-state index is 13.1. The van der Waals surface area contributed by atoms with Gasteiger partial charge in [0.15, 0.2) is 0 Å². The molecule has 0 saturated carbocycles. The summed E-state index contributed by atoms with van der Waals surface area (Å²) in [5.74, 6) is -0.0645. The minimum Gasteiger partial charge on any atom is -0.489 e. The minimum atomic E-state index is -0.626. The quantitative estimate of drug-likeness (QED) is 0.662. The van der Waals surface area contributed by atoms with E-state index in [9.17, 15) is 14.4 Å². The second kappa shape index (κ2) is 9.95. The monoisotopic (exact) mass is 463 g/mol. The maximum absolute atomic E-state index is 13.1. The normalized spacial score (nSPS) is 21.2. The third-order valence-electron chi connectivity index (χ3n) is 6.74. The predicted octanol–water partition coefficient (Wildman–Crippen LogP) is 2.25. The highest BCUT2D eigenvalue weighted by atomic mass is 16.5. The highest BCUT2D eigenvalue weighted by Crippen LogP contribution is 2.30. The number of hydrogen-bond donors (Lipinski definition) is 1. The number of nitrogens with one attached hydrogen (secondary N) is 1. The molecule has 2 aromatic carbocycles. The smallest absolute Gasteiger partial charge is 0.255 e. The molecule has 0 aromatic heterocycles. The summed E-state index contributed by atoms with van der Waals surface area (Å²) in [6.07, 6.45) is 1.38. The van der Waals surface area contributed by atoms with Crippen molar-refractivity contribution < 1.29 is 23.9 Å². The van der Waals surface area contributed by atoms with Gasteiger partial charge in [-0.05, 0) is 47.7 Å². The van der Waals surface area contributed by atoms with Crippen molar-refractivity contribution in [2.45, 2.75) is 45.0 Å². The molecular formula is C26H29N3O5. The summed E-state index contributed by atoms with van der Waals surface area (Å²) in [6.45, 7) is 5.05. The van der Waals surface area contributed by atoms with Crippen LogP contribution in [0.15, 0.2) is 42.5 Å². The van der Waals surface area contributed by atoms with Crippen LogP contribution in [0.2, 0.25) is 0 Å². The standard InChI is InChI=1S/C26H29N3O5/c30-24-6-2-5-23(25(31)27-24)29-16-22-19(3-1-4-21(22)26(29)32)17-34-20-9-7-18(8-10-20)15-28-11-13-33-14-12-28/h1,3-4,7-10,23H,2,5-6,11-17H2,(H,27,30,31)/t23-/m0/s1. The summed E-state index contributed by atoms with van der Waals surface area (Å²) in [5.41, 5.74) is 3.65. The zero-order valence-electron chi connectivity index (χ0n) is 19.1. The van der Waals surface area contributed by atoms with Gasteiger partial charge in [-0.15, -0.1) is 0 Å². The first-order valence-corrected chi connectivity index (χ1v) is 11.9. The Kier molecular flexibility index (Phi) is 6.60. The fourth-order valence-electron chi connectivity index (χ4n) is 4.84. The van der Waals surface area contributed by atoms with E-state index in [2.05, 4.69) is 22.3 Å². The number of imide groups is 1. The fraction of sp³-hybridized carbons (Fsp3) is 0.423. The van der Waals surface area contributed by atoms with Gasteiger partial charge >= 0.3 is 0 Å². The van der Waals surface area contributed by atoms with Crippen LogP contribution < -0.4 is 10.1 Å². The molecule has 1 atom stereocenters. The minimum absolute atomic E-state index is 0.168. The highest BCUT2D eigenvalue weighted by Gasteiger charge is 2.38. The highest BCUT2D eigenvalue weighted by molar-refractivity contribution is 6.04. The van der Waals surface area contributed by atoms with Crippen LogP contribution in [0.4, 0.5) is 0 Å². The van der Waals surface area contributed by atoms with E-state index < -0.39 is 11.9 Å². The van der Waals surface area contributed by atoms with Crippen LogP contribution >= 0.6 is 0 Å². The number of hydrogen-bond acceptors (Lipinski definition) is 6. The lowest BCUT2D eigenvalue weighted by Gasteiger charge is -2.26. The summed E-state index contributed by atoms with van der Waals surface area (Å²) in [4.78, 5) is 41.2. The van der Waals surface area contributed by atoms with Crippen LogP contribution in [0.25, 0.3) is 0 Å². The van der Waals surface area contributed by atoms with E-state index in [0.717, 1.165) is 49.7 Å². The van der Waals surface area contributed by atoms with E-state index in [-0.39, 0.29) is 11.8 Å². The average Bonchev–Trinajstić information content (AvgIpc) is 3.08. The third kappa shape index (κ3) is 4.83. The van der Waals surface area contributed by atoms with E-state index in [1.54, 1.807) is 11.0 Å². The van der Waals surface area contributed by atoms with Crippen molar-refractivity contribution in [3.63, 3.8) is 0 Å². The van der Waals surface area contributed by atoms with E-state index in [0.29, 0.717) is 38.0 Å². The second-order valence-electron chi connectivity index (χ2n) is 9.02. The molecule has 1 N–H and O–H groups in total. The van der Waals surface area contributed by atoms with Gasteiger partial charge < -0.3 is 14.4 Å². The fourth-order valence-corrected chi connectivity index (χ4v) is 4.84. The number of amides is 3. The molecule has 0 bridgehead atoms. The molecule has 2 fully saturated rings. The van der Waals surface area contributed by atoms with Gasteiger partial charge in [-0.3, -0.25) is 24.6 Å². The molecule has 3 aliphatic heterocycles. The molecule has 0 aliphatic carbocycles. The van der Waals surface area contributed by atoms with Gasteiger partial charge in [-0.25, -0.2) is 0 Å². The van der Waals surface area contributed by atoms with Crippen LogP contribution in [-0.2, 0) is 34.0 Å². The van der Waals surface area contributed by atoms with E-state index in [1.807, 2.05) is 24.3 Å². The molecule has 34 heavy (non-hydrogen) atoms. The van der Waals surface area contributed by atoms with Crippen molar-refractivity contribution in [3.8, 4) is 5.75 Å². The van der Waals surface area contributed by atoms with Crippen molar-refractivity contribution in [1.82, 2.24) is 15.1 Å². The third-order valence-corrected chi connectivity index (χ3v) is 6.74. The summed E-state index contributed by atoms with van der Waals surface area (Å²) < 4.78 is 11.5. The van der Waals surface area contributed by atoms with Crippen LogP contribution in [-0.4, -0.2) is 59.9 Å². The SMILES string of the molecule is O=C1CCC[C@H](N2Cc3c(COc4ccc(CN5CCOCC5)cc4)cccc3C2=O)C(=O)N1. The van der Waals surface area contributed by atoms with E-state index >= 15 is 0 Å². The zero-order chi connectivity index (χ0) is 23.5. The lowest BCUT2D eigenvalue weighted by Crippen LogP contribution is -2.46. The van der Waals surface area contributed by atoms with Gasteiger partial charge in [0, 0.05) is 38.2 Å². The number of fused-ring (bicyclic) bond motifs is 1. The van der Waals surface area contributed by atoms with Crippen molar-refractivity contribution in [3.05, 3.63) is 64.7 Å². The first-order chi connectivity index (χ1) is 16.6. The van der Waals surface area contributed by atoms with E-state index in [1.165, 1.54) is 5.56 Å². The van der Waals surface area contributed by atoms with Gasteiger partial charge in [-0.2, -0.15) is 0 Å². The maximum Gasteiger partial charge on any atom is 0.255 e. The number of ether oxygens (including phenoxy) is 2. The van der Waals surface area contributed by atoms with Gasteiger partial charge in [0.05, 0.1) is 13.2 Å². The molecule has 0 unspecified atom stereocenters. The van der Waals surface area contributed by atoms with Crippen molar-refractivity contribution in [1.29, 1.82) is 0 Å². The average molecular weight is 464 g/mol. The zero-order valence-corrected chi connectivity index (χ0v) is 19.1. The Hall–Kier alpha value is -3.23. The molecule has 2 saturated heterocycles. The molecule has 5 rings (SSSR count). The van der Waals surface area contributed by atoms with Crippen LogP contribution in [0.1, 0.15) is 46.3 Å². The second-order valence-corrected chi connectivity index (χ2v) is 9.02. The number of rotatable bonds is 6. The summed E-state index contributed by atoms with van der Waals surface area (Å²) in [7, 11) is 0. The Labute approximate surface area is 198 Å². The molecular weight excluding hydrogens is 434 g/mol. The Bertz CT molecular complexity index is 1080. The molecule has 3 heterocycles. The molecule has 3 aliphatic rings. The number of morpholine rings is 1. The van der Waals surface area contributed by atoms with Gasteiger partial charge in [0.25, 0.3) is 5.91 Å². The summed E-state index contributed by atoms with van der Waals surface area (Å²) in [5, 5.41) is 2.40. The van der Waals surface area contributed by atoms with Crippen LogP contribution in [0.3, 0.4) is 0 Å². The summed E-state index contributed by atoms with van der Waals surface area (Å²) >= 11 is 0. The first-order valence-electron chi connectivity index (χ1n) is 11.9. The number of carbonyl (C=O) groups is 3. The number of nitrogens with zero attached hydrogens (tertiary/aromatic N) is 2. The van der Waals surface area contributed by atoms with Crippen molar-refractivity contribution >= 4 is 17.7 Å². The van der Waals surface area contributed by atoms with Crippen molar-refractivity contribution in [2.75, 3.05) is 26.3 Å². The number of carbonyl (C=O) groups excluding carboxylic acids is 3. The molecule has 2 aromatic rings. The predicted molar refractivity (Wildman–Crippen MR) is 124 cm³/mol. The van der Waals surface area contributed by atoms with Crippen LogP contribution in [0, 0.1) is 0 Å². The topological polar surface area (TPSA) is 88.2 Å². The van der Waals surface area contributed by atoms with Crippen molar-refractivity contribution in [2.24, 2.45) is 0 Å². The molecule has 178 valence electrons. The Balaban J connectivity index is 1.24. The molecule has 0 radical (unpaired) electrons. The Morgan fingerprint density at radius 2 is 1.82 bits per heavy atom. The molecule has 0 spiro atoms. The largest absolute Gasteiger partial charge is 0.489 e. The lowest BCUT2D eigenvalue weighted by atomic mass is 10.0. The van der Waals surface area contributed by atoms with E-state index in [4.69, 9.17) is 9.47 Å². The molecule has 8 nitrogen and oxygen atoms in total. The Morgan fingerprint density at radius 1 is 1.03 bits per heavy atom. The summed E-state index contributed by atoms with van der Waals surface area (Å²) in [6, 6.07) is 13.1.